The molecule has 24 heavy (non-hydrogen) atoms. The van der Waals surface area contributed by atoms with Crippen molar-refractivity contribution in [2.24, 2.45) is 0 Å². The number of aliphatic hydroxyl groups is 1. The normalized spacial score (nSPS) is 22.6. The maximum absolute atomic E-state index is 11.9. The Bertz CT molecular complexity index is 887. The number of benzene rings is 2. The summed E-state index contributed by atoms with van der Waals surface area (Å²) < 4.78 is 0. The van der Waals surface area contributed by atoms with Crippen LogP contribution in [0.15, 0.2) is 42.5 Å². The third-order valence-corrected chi connectivity index (χ3v) is 4.80. The topological polar surface area (TPSA) is 83.5 Å². The molecule has 2 unspecified atom stereocenters. The van der Waals surface area contributed by atoms with Gasteiger partial charge in [0.1, 0.15) is 12.0 Å². The van der Waals surface area contributed by atoms with E-state index >= 15 is 0 Å². The van der Waals surface area contributed by atoms with Crippen molar-refractivity contribution in [3.05, 3.63) is 70.3 Å². The average molecular weight is 321 g/mol. The molecule has 2 aliphatic rings. The second-order valence-electron chi connectivity index (χ2n) is 6.18. The number of carbonyl (C=O) groups excluding carboxylic acids is 3. The van der Waals surface area contributed by atoms with Crippen LogP contribution in [0.4, 0.5) is 0 Å². The number of Topliss-reactive ketones (excluding diaryl/α,β-unsaturated/α-hetero) is 1. The fourth-order valence-corrected chi connectivity index (χ4v) is 3.54. The zero-order chi connectivity index (χ0) is 16.8. The van der Waals surface area contributed by atoms with Crippen LogP contribution in [-0.2, 0) is 27.2 Å². The number of carbonyl (C=O) groups is 3. The van der Waals surface area contributed by atoms with Crippen molar-refractivity contribution in [3.63, 3.8) is 0 Å². The molecule has 1 heterocycles. The van der Waals surface area contributed by atoms with Crippen molar-refractivity contribution in [3.8, 4) is 0 Å². The maximum Gasteiger partial charge on any atom is 0.295 e. The fraction of sp³-hybridized carbons (Fsp3) is 0.211. The average Bonchev–Trinajstić information content (AvgIpc) is 2.76. The standard InChI is InChI=1S/C19H15NO4/c21-16-13-4-2-1-3-10(13)5-6-11-7-8-12(9-14(11)16)15-17(22)19(24)20-18(15)23/h1-4,7-9,15-16,21H,5-6H2,(H,20,23,24). The lowest BCUT2D eigenvalue weighted by molar-refractivity contribution is -0.135. The summed E-state index contributed by atoms with van der Waals surface area (Å²) in [7, 11) is 0. The fourth-order valence-electron chi connectivity index (χ4n) is 3.54. The lowest BCUT2D eigenvalue weighted by Crippen LogP contribution is -2.22. The molecule has 0 radical (unpaired) electrons. The minimum Gasteiger partial charge on any atom is -0.384 e. The van der Waals surface area contributed by atoms with Gasteiger partial charge in [-0.1, -0.05) is 42.5 Å². The van der Waals surface area contributed by atoms with Crippen molar-refractivity contribution in [1.82, 2.24) is 5.32 Å². The van der Waals surface area contributed by atoms with Gasteiger partial charge in [0.15, 0.2) is 0 Å². The van der Waals surface area contributed by atoms with Gasteiger partial charge in [0.05, 0.1) is 0 Å². The first-order chi connectivity index (χ1) is 11.6. The molecule has 1 aliphatic carbocycles. The number of rotatable bonds is 1. The number of imide groups is 1. The summed E-state index contributed by atoms with van der Waals surface area (Å²) in [5, 5.41) is 12.8. The Morgan fingerprint density at radius 2 is 1.62 bits per heavy atom. The zero-order valence-electron chi connectivity index (χ0n) is 12.8. The SMILES string of the molecule is O=C1NC(=O)C(c2ccc3c(c2)C(O)c2ccccc2CC3)C1=O. The van der Waals surface area contributed by atoms with Gasteiger partial charge in [-0.3, -0.25) is 19.7 Å². The van der Waals surface area contributed by atoms with E-state index in [1.807, 2.05) is 35.6 Å². The van der Waals surface area contributed by atoms with E-state index in [1.165, 1.54) is 0 Å². The Hall–Kier alpha value is -2.79. The van der Waals surface area contributed by atoms with E-state index in [0.717, 1.165) is 29.5 Å². The van der Waals surface area contributed by atoms with Crippen LogP contribution in [0.25, 0.3) is 0 Å². The maximum atomic E-state index is 11.9. The molecule has 0 bridgehead atoms. The van der Waals surface area contributed by atoms with Crippen molar-refractivity contribution in [2.45, 2.75) is 24.9 Å². The highest BCUT2D eigenvalue weighted by molar-refractivity contribution is 6.50. The Labute approximate surface area is 138 Å². The third kappa shape index (κ3) is 2.17. The van der Waals surface area contributed by atoms with Gasteiger partial charge in [-0.15, -0.1) is 0 Å². The Morgan fingerprint density at radius 3 is 2.33 bits per heavy atom. The van der Waals surface area contributed by atoms with E-state index in [4.69, 9.17) is 0 Å². The first-order valence-electron chi connectivity index (χ1n) is 7.84. The quantitative estimate of drug-likeness (QED) is 0.469. The van der Waals surface area contributed by atoms with E-state index in [2.05, 4.69) is 0 Å². The smallest absolute Gasteiger partial charge is 0.295 e. The second-order valence-corrected chi connectivity index (χ2v) is 6.18. The van der Waals surface area contributed by atoms with E-state index in [9.17, 15) is 19.5 Å². The number of nitrogens with one attached hydrogen (secondary N) is 1. The van der Waals surface area contributed by atoms with Crippen LogP contribution < -0.4 is 5.32 Å². The van der Waals surface area contributed by atoms with Gasteiger partial charge in [-0.25, -0.2) is 0 Å². The van der Waals surface area contributed by atoms with Crippen LogP contribution in [0, 0.1) is 0 Å². The third-order valence-electron chi connectivity index (χ3n) is 4.80. The molecule has 1 saturated heterocycles. The van der Waals surface area contributed by atoms with Gasteiger partial charge in [0.25, 0.3) is 5.91 Å². The molecule has 4 rings (SSSR count). The molecule has 2 atom stereocenters. The summed E-state index contributed by atoms with van der Waals surface area (Å²) >= 11 is 0. The summed E-state index contributed by atoms with van der Waals surface area (Å²) in [6, 6.07) is 12.9. The van der Waals surface area contributed by atoms with Gasteiger partial charge >= 0.3 is 0 Å². The number of amides is 2. The number of aryl methyl sites for hydroxylation is 2. The Morgan fingerprint density at radius 1 is 0.917 bits per heavy atom. The summed E-state index contributed by atoms with van der Waals surface area (Å²) in [4.78, 5) is 35.2. The molecule has 2 N–H and O–H groups in total. The molecule has 1 aliphatic heterocycles. The largest absolute Gasteiger partial charge is 0.384 e. The number of aliphatic hydroxyl groups excluding tert-OH is 1. The van der Waals surface area contributed by atoms with E-state index in [-0.39, 0.29) is 0 Å². The molecule has 120 valence electrons. The molecule has 5 heteroatoms. The zero-order valence-corrected chi connectivity index (χ0v) is 12.8. The Kier molecular flexibility index (Phi) is 3.32. The highest BCUT2D eigenvalue weighted by Gasteiger charge is 2.41. The molecular weight excluding hydrogens is 306 g/mol. The molecular formula is C19H15NO4. The van der Waals surface area contributed by atoms with Gasteiger partial charge in [0, 0.05) is 0 Å². The molecule has 5 nitrogen and oxygen atoms in total. The first-order valence-corrected chi connectivity index (χ1v) is 7.84. The van der Waals surface area contributed by atoms with Gasteiger partial charge in [-0.2, -0.15) is 0 Å². The van der Waals surface area contributed by atoms with Crippen LogP contribution in [-0.4, -0.2) is 22.7 Å². The van der Waals surface area contributed by atoms with Gasteiger partial charge in [-0.05, 0) is 40.7 Å². The van der Waals surface area contributed by atoms with Crippen molar-refractivity contribution >= 4 is 17.6 Å². The lowest BCUT2D eigenvalue weighted by Gasteiger charge is -2.16. The number of fused-ring (bicyclic) bond motifs is 2. The minimum atomic E-state index is -1.12. The van der Waals surface area contributed by atoms with Crippen molar-refractivity contribution in [1.29, 1.82) is 0 Å². The molecule has 2 aromatic carbocycles. The minimum absolute atomic E-state index is 0.445. The van der Waals surface area contributed by atoms with E-state index in [0.29, 0.717) is 11.1 Å². The molecule has 0 aromatic heterocycles. The summed E-state index contributed by atoms with van der Waals surface area (Å²) in [5.41, 5.74) is 4.05. The monoisotopic (exact) mass is 321 g/mol. The van der Waals surface area contributed by atoms with E-state index in [1.54, 1.807) is 12.1 Å². The van der Waals surface area contributed by atoms with E-state index < -0.39 is 29.6 Å². The highest BCUT2D eigenvalue weighted by atomic mass is 16.3. The predicted octanol–water partition coefficient (Wildman–Crippen LogP) is 1.18. The van der Waals surface area contributed by atoms with Crippen LogP contribution in [0.1, 0.15) is 39.8 Å². The van der Waals surface area contributed by atoms with Crippen LogP contribution in [0.3, 0.4) is 0 Å². The number of hydrogen-bond donors (Lipinski definition) is 2. The summed E-state index contributed by atoms with van der Waals surface area (Å²) in [6.07, 6.45) is 0.780. The van der Waals surface area contributed by atoms with Gasteiger partial charge in [0.2, 0.25) is 11.7 Å². The van der Waals surface area contributed by atoms with Crippen LogP contribution in [0.2, 0.25) is 0 Å². The number of ketones is 1. The summed E-state index contributed by atoms with van der Waals surface area (Å²) in [5.74, 6) is -3.34. The molecule has 2 amide bonds. The lowest BCUT2D eigenvalue weighted by atomic mass is 9.90. The number of hydrogen-bond acceptors (Lipinski definition) is 4. The van der Waals surface area contributed by atoms with Gasteiger partial charge < -0.3 is 5.11 Å². The van der Waals surface area contributed by atoms with Crippen molar-refractivity contribution in [2.75, 3.05) is 0 Å². The second kappa shape index (κ2) is 5.39. The van der Waals surface area contributed by atoms with Crippen LogP contribution >= 0.6 is 0 Å². The molecule has 1 fully saturated rings. The molecule has 0 spiro atoms. The van der Waals surface area contributed by atoms with Crippen molar-refractivity contribution < 1.29 is 19.5 Å². The Balaban J connectivity index is 1.80. The summed E-state index contributed by atoms with van der Waals surface area (Å²) in [6.45, 7) is 0. The molecule has 2 aromatic rings. The highest BCUT2D eigenvalue weighted by Crippen LogP contribution is 2.34. The first kappa shape index (κ1) is 14.8. The predicted molar refractivity (Wildman–Crippen MR) is 85.3 cm³/mol. The van der Waals surface area contributed by atoms with Crippen LogP contribution in [0.5, 0.6) is 0 Å². The molecule has 0 saturated carbocycles.